The summed E-state index contributed by atoms with van der Waals surface area (Å²) in [5.41, 5.74) is 1.70. The first-order chi connectivity index (χ1) is 30.7. The molecule has 0 aromatic heterocycles. The fourth-order valence-corrected chi connectivity index (χ4v) is 10.1. The predicted molar refractivity (Wildman–Crippen MR) is 245 cm³/mol. The monoisotopic (exact) mass is 914 g/mol. The van der Waals surface area contributed by atoms with Gasteiger partial charge in [0.05, 0.1) is 30.5 Å². The van der Waals surface area contributed by atoms with Gasteiger partial charge in [0.1, 0.15) is 18.2 Å². The van der Waals surface area contributed by atoms with Gasteiger partial charge in [0, 0.05) is 52.6 Å². The van der Waals surface area contributed by atoms with Crippen molar-refractivity contribution in [2.75, 3.05) is 27.9 Å². The van der Waals surface area contributed by atoms with Gasteiger partial charge in [-0.05, 0) is 126 Å². The average molecular weight is 914 g/mol. The van der Waals surface area contributed by atoms with Crippen molar-refractivity contribution in [2.45, 2.75) is 186 Å². The Morgan fingerprint density at radius 2 is 1.58 bits per heavy atom. The fraction of sp³-hybridized carbons (Fsp3) is 0.745. The van der Waals surface area contributed by atoms with Crippen LogP contribution in [0.5, 0.6) is 0 Å². The van der Waals surface area contributed by atoms with Gasteiger partial charge in [-0.25, -0.2) is 4.79 Å². The van der Waals surface area contributed by atoms with Gasteiger partial charge in [-0.3, -0.25) is 19.2 Å². The van der Waals surface area contributed by atoms with E-state index >= 15 is 0 Å². The number of carbonyl (C=O) groups is 5. The number of carbonyl (C=O) groups excluding carboxylic acids is 5. The number of piperidine rings is 1. The van der Waals surface area contributed by atoms with Gasteiger partial charge in [-0.2, -0.15) is 0 Å². The molecule has 1 saturated carbocycles. The number of methoxy groups -OCH3 is 3. The summed E-state index contributed by atoms with van der Waals surface area (Å²) in [4.78, 5) is 71.7. The number of hydrogen-bond donors (Lipinski definition) is 3. The van der Waals surface area contributed by atoms with Crippen molar-refractivity contribution in [1.29, 1.82) is 0 Å². The second-order valence-electron chi connectivity index (χ2n) is 19.4. The summed E-state index contributed by atoms with van der Waals surface area (Å²) in [6.07, 6.45) is 10.5. The Labute approximate surface area is 387 Å². The molecule has 0 unspecified atom stereocenters. The van der Waals surface area contributed by atoms with Crippen LogP contribution in [-0.4, -0.2) is 132 Å². The summed E-state index contributed by atoms with van der Waals surface area (Å²) in [5, 5.41) is 33.8. The Morgan fingerprint density at radius 1 is 0.862 bits per heavy atom. The van der Waals surface area contributed by atoms with E-state index in [0.29, 0.717) is 68.9 Å². The quantitative estimate of drug-likeness (QED) is 0.152. The van der Waals surface area contributed by atoms with E-state index in [1.165, 1.54) is 12.0 Å². The normalized spacial score (nSPS) is 39.7. The summed E-state index contributed by atoms with van der Waals surface area (Å²) in [6.45, 7) is 12.6. The highest BCUT2D eigenvalue weighted by Gasteiger charge is 2.53. The minimum absolute atomic E-state index is 0.0888. The predicted octanol–water partition coefficient (Wildman–Crippen LogP) is 6.32. The molecule has 4 rings (SSSR count). The third-order valence-electron chi connectivity index (χ3n) is 14.4. The van der Waals surface area contributed by atoms with Crippen LogP contribution >= 0.6 is 0 Å². The lowest BCUT2D eigenvalue weighted by Gasteiger charge is -2.42. The molecule has 1 amide bonds. The molecular weight excluding hydrogens is 835 g/mol. The van der Waals surface area contributed by atoms with Crippen LogP contribution in [0.15, 0.2) is 47.1 Å². The number of cyclic esters (lactones) is 1. The molecule has 3 N–H and O–H groups in total. The number of allylic oxidation sites excluding steroid dienone is 5. The van der Waals surface area contributed by atoms with E-state index in [2.05, 4.69) is 6.08 Å². The van der Waals surface area contributed by atoms with Gasteiger partial charge in [-0.1, -0.05) is 58.1 Å². The molecule has 0 spiro atoms. The zero-order chi connectivity index (χ0) is 48.2. The molecule has 2 saturated heterocycles. The van der Waals surface area contributed by atoms with Gasteiger partial charge < -0.3 is 43.9 Å². The third-order valence-corrected chi connectivity index (χ3v) is 14.4. The smallest absolute Gasteiger partial charge is 0.329 e. The van der Waals surface area contributed by atoms with E-state index in [0.717, 1.165) is 18.4 Å². The SMILES string of the molecule is CO[C@H]1C[C@@H]2CC[C@@H](C)[C@@](O)(O2)C(=O)C(=O)N2CCCC[C@H]2C(=O)O[C@H]([C@H](C)C[C@@H]2CC[C@@H](O)[C@H](OC)C2)CC(=O)/C(C)=C/[C@@H](C)[C@@H](O)[C@@H](OC)C(=O)/C(C)=C/[C@H](C)/C=C/CC/C=C/1C. The molecule has 3 fully saturated rings. The van der Waals surface area contributed by atoms with E-state index < -0.39 is 71.8 Å². The number of rotatable bonds is 6. The van der Waals surface area contributed by atoms with Crippen LogP contribution in [0.4, 0.5) is 0 Å². The number of ketones is 3. The molecular formula is C51H79NO13. The van der Waals surface area contributed by atoms with Crippen LogP contribution < -0.4 is 0 Å². The van der Waals surface area contributed by atoms with E-state index in [9.17, 15) is 39.3 Å². The maximum atomic E-state index is 14.4. The van der Waals surface area contributed by atoms with Crippen LogP contribution in [0.3, 0.4) is 0 Å². The molecule has 366 valence electrons. The highest BCUT2D eigenvalue weighted by molar-refractivity contribution is 6.39. The second kappa shape index (κ2) is 25.1. The van der Waals surface area contributed by atoms with Gasteiger partial charge in [0.25, 0.3) is 11.7 Å². The number of nitrogens with zero attached hydrogens (tertiary/aromatic N) is 1. The Balaban J connectivity index is 1.71. The molecule has 3 heterocycles. The maximum Gasteiger partial charge on any atom is 0.329 e. The van der Waals surface area contributed by atoms with Crippen LogP contribution in [-0.2, 0) is 47.7 Å². The molecule has 0 radical (unpaired) electrons. The lowest BCUT2D eigenvalue weighted by Crippen LogP contribution is -2.61. The Bertz CT molecular complexity index is 1770. The zero-order valence-corrected chi connectivity index (χ0v) is 40.7. The van der Waals surface area contributed by atoms with Crippen LogP contribution in [0.2, 0.25) is 0 Å². The lowest BCUT2D eigenvalue weighted by atomic mass is 9.78. The van der Waals surface area contributed by atoms with Crippen LogP contribution in [0, 0.1) is 29.6 Å². The van der Waals surface area contributed by atoms with E-state index in [4.69, 9.17) is 23.7 Å². The summed E-state index contributed by atoms with van der Waals surface area (Å²) in [6, 6.07) is -1.14. The molecule has 14 heteroatoms. The fourth-order valence-electron chi connectivity index (χ4n) is 10.1. The molecule has 0 aromatic carbocycles. The number of ether oxygens (including phenoxy) is 5. The average Bonchev–Trinajstić information content (AvgIpc) is 3.28. The zero-order valence-electron chi connectivity index (χ0n) is 40.7. The standard InChI is InChI=1S/C51H79NO13/c1-30-16-12-11-13-17-31(2)42(61-8)28-38-21-19-36(7)51(60,65-38)48(57)49(58)52-23-15-14-18-39(52)50(59)64-43(33(4)26-37-20-22-40(53)44(27-37)62-9)29-41(54)32(3)25-35(6)46(56)47(63-10)45(55)34(5)24-30/h12,16-17,24-25,30,33,35-40,42-44,46-47,53,56,60H,11,13-15,18-23,26-29H2,1-10H3/b16-12+,31-17+,32-25+,34-24+/t30-,33-,35-,36-,37+,38+,39+,40-,42+,43+,44-,46-,47+,51-/m1/s1. The second-order valence-corrected chi connectivity index (χ2v) is 19.4. The van der Waals surface area contributed by atoms with Crippen molar-refractivity contribution in [1.82, 2.24) is 4.90 Å². The number of hydrogen-bond acceptors (Lipinski definition) is 13. The number of esters is 1. The third kappa shape index (κ3) is 14.3. The molecule has 1 aliphatic carbocycles. The number of aliphatic hydroxyl groups excluding tert-OH is 2. The molecule has 65 heavy (non-hydrogen) atoms. The maximum absolute atomic E-state index is 14.4. The number of fused-ring (bicyclic) bond motifs is 3. The van der Waals surface area contributed by atoms with E-state index in [1.54, 1.807) is 48.0 Å². The highest BCUT2D eigenvalue weighted by Crippen LogP contribution is 2.38. The Hall–Kier alpha value is -3.37. The number of Topliss-reactive ketones (excluding diaryl/α,β-unsaturated/α-hetero) is 3. The summed E-state index contributed by atoms with van der Waals surface area (Å²) < 4.78 is 29.4. The van der Waals surface area contributed by atoms with Crippen molar-refractivity contribution in [3.8, 4) is 0 Å². The molecule has 14 atom stereocenters. The van der Waals surface area contributed by atoms with Crippen molar-refractivity contribution in [3.05, 3.63) is 47.1 Å². The first kappa shape index (κ1) is 54.2. The van der Waals surface area contributed by atoms with Gasteiger partial charge in [0.2, 0.25) is 5.79 Å². The van der Waals surface area contributed by atoms with Crippen molar-refractivity contribution < 1.29 is 63.0 Å². The van der Waals surface area contributed by atoms with Crippen molar-refractivity contribution >= 4 is 29.2 Å². The minimum atomic E-state index is -2.42. The van der Waals surface area contributed by atoms with E-state index in [1.807, 2.05) is 39.0 Å². The van der Waals surface area contributed by atoms with Crippen LogP contribution in [0.1, 0.15) is 132 Å². The van der Waals surface area contributed by atoms with Crippen molar-refractivity contribution in [2.24, 2.45) is 29.6 Å². The first-order valence-electron chi connectivity index (χ1n) is 23.9. The number of amides is 1. The van der Waals surface area contributed by atoms with E-state index in [-0.39, 0.29) is 60.9 Å². The molecule has 2 bridgehead atoms. The molecule has 3 aliphatic heterocycles. The van der Waals surface area contributed by atoms with Gasteiger partial charge in [-0.15, -0.1) is 0 Å². The first-order valence-corrected chi connectivity index (χ1v) is 23.9. The summed E-state index contributed by atoms with van der Waals surface area (Å²) in [7, 11) is 4.53. The topological polar surface area (TPSA) is 195 Å². The molecule has 4 aliphatic rings. The van der Waals surface area contributed by atoms with Crippen LogP contribution in [0.25, 0.3) is 0 Å². The largest absolute Gasteiger partial charge is 0.460 e. The Kier molecular flexibility index (Phi) is 21.0. The number of aliphatic hydroxyl groups is 3. The van der Waals surface area contributed by atoms with Gasteiger partial charge >= 0.3 is 5.97 Å². The minimum Gasteiger partial charge on any atom is -0.460 e. The summed E-state index contributed by atoms with van der Waals surface area (Å²) >= 11 is 0. The highest BCUT2D eigenvalue weighted by atomic mass is 16.6. The summed E-state index contributed by atoms with van der Waals surface area (Å²) in [5.74, 6) is -7.73. The Morgan fingerprint density at radius 3 is 2.26 bits per heavy atom. The molecule has 0 aromatic rings. The molecule has 14 nitrogen and oxygen atoms in total. The lowest BCUT2D eigenvalue weighted by molar-refractivity contribution is -0.265. The van der Waals surface area contributed by atoms with Crippen molar-refractivity contribution in [3.63, 3.8) is 0 Å². The van der Waals surface area contributed by atoms with Gasteiger partial charge in [0.15, 0.2) is 11.6 Å².